The number of nitrogens with one attached hydrogen (secondary N) is 2. The number of carbonyl (C=O) groups excluding carboxylic acids is 1. The molecule has 18 heavy (non-hydrogen) atoms. The molecule has 5 nitrogen and oxygen atoms in total. The molecule has 2 N–H and O–H groups in total. The predicted molar refractivity (Wildman–Crippen MR) is 66.1 cm³/mol. The SMILES string of the molecule is O=C(ONOCc1ccccc1)[C@H]1CCCCN1. The predicted octanol–water partition coefficient (Wildman–Crippen LogP) is 1.31. The van der Waals surface area contributed by atoms with Crippen LogP contribution >= 0.6 is 0 Å². The molecule has 98 valence electrons. The molecule has 0 aliphatic carbocycles. The molecule has 1 aromatic rings. The maximum Gasteiger partial charge on any atom is 0.344 e. The van der Waals surface area contributed by atoms with E-state index in [0.29, 0.717) is 6.61 Å². The molecule has 0 spiro atoms. The van der Waals surface area contributed by atoms with Gasteiger partial charge in [-0.25, -0.2) is 4.79 Å². The Balaban J connectivity index is 1.61. The Labute approximate surface area is 106 Å². The second kappa shape index (κ2) is 7.10. The third kappa shape index (κ3) is 4.10. The molecule has 1 fully saturated rings. The lowest BCUT2D eigenvalue weighted by Crippen LogP contribution is -2.43. The van der Waals surface area contributed by atoms with E-state index in [1.54, 1.807) is 0 Å². The van der Waals surface area contributed by atoms with E-state index in [0.717, 1.165) is 31.4 Å². The largest absolute Gasteiger partial charge is 0.344 e. The Hall–Kier alpha value is -1.43. The normalized spacial score (nSPS) is 19.4. The minimum Gasteiger partial charge on any atom is -0.343 e. The summed E-state index contributed by atoms with van der Waals surface area (Å²) in [6.45, 7) is 1.22. The van der Waals surface area contributed by atoms with Crippen LogP contribution in [0.25, 0.3) is 0 Å². The van der Waals surface area contributed by atoms with Crippen LogP contribution in [-0.4, -0.2) is 18.6 Å². The first-order chi connectivity index (χ1) is 8.86. The van der Waals surface area contributed by atoms with E-state index in [-0.39, 0.29) is 12.0 Å². The number of benzene rings is 1. The van der Waals surface area contributed by atoms with Gasteiger partial charge in [0.2, 0.25) is 0 Å². The molecular weight excluding hydrogens is 232 g/mol. The van der Waals surface area contributed by atoms with E-state index >= 15 is 0 Å². The number of piperidine rings is 1. The van der Waals surface area contributed by atoms with Crippen LogP contribution in [0.5, 0.6) is 0 Å². The van der Waals surface area contributed by atoms with Crippen molar-refractivity contribution in [3.63, 3.8) is 0 Å². The summed E-state index contributed by atoms with van der Waals surface area (Å²) in [4.78, 5) is 21.5. The lowest BCUT2D eigenvalue weighted by Gasteiger charge is -2.21. The fraction of sp³-hybridized carbons (Fsp3) is 0.462. The molecule has 1 saturated heterocycles. The Bertz CT molecular complexity index is 364. The average Bonchev–Trinajstić information content (AvgIpc) is 2.45. The highest BCUT2D eigenvalue weighted by Gasteiger charge is 2.22. The van der Waals surface area contributed by atoms with Gasteiger partial charge in [0.05, 0.1) is 6.61 Å². The molecule has 0 saturated carbocycles. The topological polar surface area (TPSA) is 59.6 Å². The minimum atomic E-state index is -0.317. The average molecular weight is 250 g/mol. The maximum absolute atomic E-state index is 11.6. The lowest BCUT2D eigenvalue weighted by molar-refractivity contribution is -0.198. The van der Waals surface area contributed by atoms with Crippen molar-refractivity contribution in [3.05, 3.63) is 35.9 Å². The fourth-order valence-electron chi connectivity index (χ4n) is 1.88. The number of hydrogen-bond donors (Lipinski definition) is 2. The van der Waals surface area contributed by atoms with Crippen molar-refractivity contribution in [1.82, 2.24) is 11.0 Å². The molecule has 1 heterocycles. The van der Waals surface area contributed by atoms with Crippen molar-refractivity contribution < 1.29 is 14.5 Å². The van der Waals surface area contributed by atoms with Crippen LogP contribution in [0.1, 0.15) is 24.8 Å². The van der Waals surface area contributed by atoms with Gasteiger partial charge in [0.25, 0.3) is 0 Å². The van der Waals surface area contributed by atoms with Gasteiger partial charge >= 0.3 is 5.97 Å². The highest BCUT2D eigenvalue weighted by Crippen LogP contribution is 2.07. The first-order valence-electron chi connectivity index (χ1n) is 6.21. The molecule has 5 heteroatoms. The zero-order valence-electron chi connectivity index (χ0n) is 10.2. The van der Waals surface area contributed by atoms with Gasteiger partial charge in [-0.1, -0.05) is 36.8 Å². The van der Waals surface area contributed by atoms with E-state index in [2.05, 4.69) is 11.0 Å². The molecule has 0 radical (unpaired) electrons. The smallest absolute Gasteiger partial charge is 0.343 e. The fourth-order valence-corrected chi connectivity index (χ4v) is 1.88. The molecule has 1 aliphatic rings. The third-order valence-electron chi connectivity index (χ3n) is 2.88. The molecule has 2 rings (SSSR count). The number of hydrogen-bond acceptors (Lipinski definition) is 5. The van der Waals surface area contributed by atoms with E-state index in [4.69, 9.17) is 9.68 Å². The van der Waals surface area contributed by atoms with Crippen LogP contribution in [0.3, 0.4) is 0 Å². The molecule has 1 aliphatic heterocycles. The number of rotatable bonds is 5. The van der Waals surface area contributed by atoms with Crippen molar-refractivity contribution in [2.45, 2.75) is 31.9 Å². The van der Waals surface area contributed by atoms with Gasteiger partial charge in [0.15, 0.2) is 0 Å². The summed E-state index contributed by atoms with van der Waals surface area (Å²) in [6.07, 6.45) is 2.98. The molecule has 1 atom stereocenters. The van der Waals surface area contributed by atoms with E-state index in [1.165, 1.54) is 0 Å². The maximum atomic E-state index is 11.6. The van der Waals surface area contributed by atoms with Crippen molar-refractivity contribution in [1.29, 1.82) is 0 Å². The summed E-state index contributed by atoms with van der Waals surface area (Å²) in [6, 6.07) is 9.45. The van der Waals surface area contributed by atoms with Gasteiger partial charge < -0.3 is 10.2 Å². The first kappa shape index (κ1) is 13.0. The van der Waals surface area contributed by atoms with Crippen molar-refractivity contribution >= 4 is 5.97 Å². The van der Waals surface area contributed by atoms with Crippen LogP contribution < -0.4 is 11.0 Å². The molecule has 0 unspecified atom stereocenters. The zero-order valence-corrected chi connectivity index (χ0v) is 10.2. The van der Waals surface area contributed by atoms with Gasteiger partial charge in [-0.05, 0) is 30.6 Å². The van der Waals surface area contributed by atoms with E-state index < -0.39 is 0 Å². The summed E-state index contributed by atoms with van der Waals surface area (Å²) in [5, 5.41) is 3.11. The third-order valence-corrected chi connectivity index (χ3v) is 2.88. The Morgan fingerprint density at radius 1 is 1.33 bits per heavy atom. The Morgan fingerprint density at radius 2 is 2.17 bits per heavy atom. The van der Waals surface area contributed by atoms with Gasteiger partial charge in [0, 0.05) is 0 Å². The highest BCUT2D eigenvalue weighted by atomic mass is 16.9. The summed E-state index contributed by atoms with van der Waals surface area (Å²) in [7, 11) is 0. The van der Waals surface area contributed by atoms with Gasteiger partial charge in [-0.3, -0.25) is 4.84 Å². The van der Waals surface area contributed by atoms with E-state index in [9.17, 15) is 4.79 Å². The lowest BCUT2D eigenvalue weighted by atomic mass is 10.1. The molecule has 0 bridgehead atoms. The van der Waals surface area contributed by atoms with Crippen LogP contribution in [0.4, 0.5) is 0 Å². The van der Waals surface area contributed by atoms with Crippen molar-refractivity contribution in [2.24, 2.45) is 0 Å². The van der Waals surface area contributed by atoms with Gasteiger partial charge in [-0.15, -0.1) is 0 Å². The summed E-state index contributed by atoms with van der Waals surface area (Å²) in [5.41, 5.74) is 3.25. The van der Waals surface area contributed by atoms with Gasteiger partial charge in [-0.2, -0.15) is 0 Å². The first-order valence-corrected chi connectivity index (χ1v) is 6.21. The standard InChI is InChI=1S/C13H18N2O3/c16-13(12-8-4-5-9-14-12)18-15-17-10-11-6-2-1-3-7-11/h1-3,6-7,12,14-15H,4-5,8-10H2/t12-/m1/s1. The summed E-state index contributed by atoms with van der Waals surface area (Å²) < 4.78 is 0. The van der Waals surface area contributed by atoms with Crippen LogP contribution in [0, 0.1) is 0 Å². The Morgan fingerprint density at radius 3 is 2.89 bits per heavy atom. The monoisotopic (exact) mass is 250 g/mol. The summed E-state index contributed by atoms with van der Waals surface area (Å²) >= 11 is 0. The zero-order chi connectivity index (χ0) is 12.6. The Kier molecular flexibility index (Phi) is 5.14. The molecular formula is C13H18N2O3. The molecule has 0 aromatic heterocycles. The quantitative estimate of drug-likeness (QED) is 0.609. The summed E-state index contributed by atoms with van der Waals surface area (Å²) in [5.74, 6) is -0.317. The van der Waals surface area contributed by atoms with Crippen LogP contribution in [-0.2, 0) is 21.1 Å². The molecule has 0 amide bonds. The van der Waals surface area contributed by atoms with Crippen LogP contribution in [0.15, 0.2) is 30.3 Å². The van der Waals surface area contributed by atoms with Gasteiger partial charge in [0.1, 0.15) is 6.04 Å². The van der Waals surface area contributed by atoms with Crippen LogP contribution in [0.2, 0.25) is 0 Å². The second-order valence-electron chi connectivity index (χ2n) is 4.28. The molecule has 1 aromatic carbocycles. The minimum absolute atomic E-state index is 0.216. The number of carbonyl (C=O) groups is 1. The van der Waals surface area contributed by atoms with E-state index in [1.807, 2.05) is 30.3 Å². The van der Waals surface area contributed by atoms with Crippen molar-refractivity contribution in [3.8, 4) is 0 Å². The second-order valence-corrected chi connectivity index (χ2v) is 4.28. The highest BCUT2D eigenvalue weighted by molar-refractivity contribution is 5.75. The van der Waals surface area contributed by atoms with Crippen molar-refractivity contribution in [2.75, 3.05) is 6.54 Å².